The smallest absolute Gasteiger partial charge is 0.255 e. The molecule has 166 valence electrons. The number of aromatic nitrogens is 2. The van der Waals surface area contributed by atoms with Gasteiger partial charge in [-0.1, -0.05) is 12.1 Å². The molecule has 0 saturated heterocycles. The summed E-state index contributed by atoms with van der Waals surface area (Å²) in [6, 6.07) is 7.23. The SMILES string of the molecule is Cc1nnc(-c2ccc(-c3c(F)c(F)cc4c3C(=O)N(C(C3CC3)C(C)(C)O)C4)cc2)o1. The highest BCUT2D eigenvalue weighted by atomic mass is 19.2. The van der Waals surface area contributed by atoms with Gasteiger partial charge in [0, 0.05) is 24.6 Å². The zero-order valence-electron chi connectivity index (χ0n) is 18.0. The summed E-state index contributed by atoms with van der Waals surface area (Å²) in [4.78, 5) is 15.0. The summed E-state index contributed by atoms with van der Waals surface area (Å²) in [5.41, 5.74) is 0.396. The quantitative estimate of drug-likeness (QED) is 0.634. The highest BCUT2D eigenvalue weighted by Gasteiger charge is 2.48. The lowest BCUT2D eigenvalue weighted by atomic mass is 9.92. The third-order valence-electron chi connectivity index (χ3n) is 6.19. The van der Waals surface area contributed by atoms with E-state index in [1.165, 1.54) is 0 Å². The normalized spacial score (nSPS) is 17.1. The number of aliphatic hydroxyl groups is 1. The molecule has 1 aliphatic carbocycles. The van der Waals surface area contributed by atoms with Gasteiger partial charge in [-0.05, 0) is 61.9 Å². The van der Waals surface area contributed by atoms with Crippen molar-refractivity contribution in [1.82, 2.24) is 15.1 Å². The van der Waals surface area contributed by atoms with Crippen molar-refractivity contribution < 1.29 is 23.1 Å². The van der Waals surface area contributed by atoms with E-state index < -0.39 is 23.3 Å². The molecule has 1 atom stereocenters. The summed E-state index contributed by atoms with van der Waals surface area (Å²) in [5, 5.41) is 18.5. The predicted octanol–water partition coefficient (Wildman–Crippen LogP) is 4.50. The van der Waals surface area contributed by atoms with Crippen LogP contribution in [0.1, 0.15) is 48.5 Å². The molecule has 6 nitrogen and oxygen atoms in total. The van der Waals surface area contributed by atoms with Crippen molar-refractivity contribution in [3.63, 3.8) is 0 Å². The number of fused-ring (bicyclic) bond motifs is 1. The van der Waals surface area contributed by atoms with E-state index in [4.69, 9.17) is 4.42 Å². The monoisotopic (exact) mass is 439 g/mol. The highest BCUT2D eigenvalue weighted by molar-refractivity contribution is 6.05. The largest absolute Gasteiger partial charge is 0.421 e. The maximum atomic E-state index is 15.0. The van der Waals surface area contributed by atoms with Crippen molar-refractivity contribution in [2.45, 2.75) is 51.8 Å². The first-order valence-electron chi connectivity index (χ1n) is 10.6. The summed E-state index contributed by atoms with van der Waals surface area (Å²) in [5.74, 6) is -1.53. The number of hydrogen-bond acceptors (Lipinski definition) is 5. The fourth-order valence-electron chi connectivity index (χ4n) is 4.76. The van der Waals surface area contributed by atoms with E-state index >= 15 is 4.39 Å². The molecule has 0 spiro atoms. The molecule has 5 rings (SSSR count). The van der Waals surface area contributed by atoms with Gasteiger partial charge < -0.3 is 14.4 Å². The molecule has 0 bridgehead atoms. The van der Waals surface area contributed by atoms with Gasteiger partial charge in [0.15, 0.2) is 11.6 Å². The average molecular weight is 439 g/mol. The van der Waals surface area contributed by atoms with Crippen LogP contribution in [0.2, 0.25) is 0 Å². The maximum Gasteiger partial charge on any atom is 0.255 e. The van der Waals surface area contributed by atoms with Gasteiger partial charge in [-0.2, -0.15) is 0 Å². The fourth-order valence-corrected chi connectivity index (χ4v) is 4.76. The van der Waals surface area contributed by atoms with E-state index in [1.807, 2.05) is 0 Å². The second-order valence-corrected chi connectivity index (χ2v) is 9.15. The van der Waals surface area contributed by atoms with E-state index in [0.717, 1.165) is 18.9 Å². The van der Waals surface area contributed by atoms with Crippen LogP contribution < -0.4 is 0 Å². The molecule has 1 fully saturated rings. The Morgan fingerprint density at radius 2 is 1.78 bits per heavy atom. The Hall–Kier alpha value is -3.13. The minimum absolute atomic E-state index is 0.0638. The van der Waals surface area contributed by atoms with Gasteiger partial charge in [0.1, 0.15) is 0 Å². The van der Waals surface area contributed by atoms with Crippen LogP contribution >= 0.6 is 0 Å². The predicted molar refractivity (Wildman–Crippen MR) is 113 cm³/mol. The van der Waals surface area contributed by atoms with Crippen molar-refractivity contribution in [2.24, 2.45) is 5.92 Å². The van der Waals surface area contributed by atoms with Gasteiger partial charge in [-0.3, -0.25) is 4.79 Å². The minimum Gasteiger partial charge on any atom is -0.421 e. The molecule has 2 aliphatic rings. The molecule has 1 aromatic heterocycles. The Labute approximate surface area is 183 Å². The lowest BCUT2D eigenvalue weighted by Gasteiger charge is -2.37. The Morgan fingerprint density at radius 3 is 2.34 bits per heavy atom. The molecule has 1 unspecified atom stereocenters. The Bertz CT molecular complexity index is 1210. The summed E-state index contributed by atoms with van der Waals surface area (Å²) >= 11 is 0. The molecule has 32 heavy (non-hydrogen) atoms. The second kappa shape index (κ2) is 7.20. The molecule has 8 heteroatoms. The van der Waals surface area contributed by atoms with E-state index in [-0.39, 0.29) is 29.5 Å². The third kappa shape index (κ3) is 3.39. The molecular formula is C24H23F2N3O3. The standard InChI is InChI=1S/C24H23F2N3O3/c1-12-27-28-22(32-12)15-8-4-13(5-9-15)18-19-16(10-17(25)20(18)26)11-29(23(19)30)21(14-6-7-14)24(2,3)31/h4-5,8-10,14,21,31H,6-7,11H2,1-3H3. The number of carbonyl (C=O) groups excluding carboxylic acids is 1. The van der Waals surface area contributed by atoms with Gasteiger partial charge in [0.2, 0.25) is 11.8 Å². The summed E-state index contributed by atoms with van der Waals surface area (Å²) in [6.45, 7) is 5.16. The van der Waals surface area contributed by atoms with Gasteiger partial charge in [-0.25, -0.2) is 8.78 Å². The van der Waals surface area contributed by atoms with Crippen LogP contribution in [0, 0.1) is 24.5 Å². The summed E-state index contributed by atoms with van der Waals surface area (Å²) in [6.07, 6.45) is 1.84. The molecule has 1 aliphatic heterocycles. The average Bonchev–Trinajstić information content (AvgIpc) is 3.38. The lowest BCUT2D eigenvalue weighted by Crippen LogP contribution is -2.51. The van der Waals surface area contributed by atoms with Crippen molar-refractivity contribution >= 4 is 5.91 Å². The van der Waals surface area contributed by atoms with E-state index in [2.05, 4.69) is 10.2 Å². The molecule has 1 amide bonds. The Kier molecular flexibility index (Phi) is 4.67. The number of aryl methyl sites for hydroxylation is 1. The van der Waals surface area contributed by atoms with Gasteiger partial charge in [-0.15, -0.1) is 10.2 Å². The van der Waals surface area contributed by atoms with Crippen molar-refractivity contribution in [3.8, 4) is 22.6 Å². The highest BCUT2D eigenvalue weighted by Crippen LogP contribution is 2.45. The number of nitrogens with zero attached hydrogens (tertiary/aromatic N) is 3. The number of halogens is 2. The summed E-state index contributed by atoms with van der Waals surface area (Å²) in [7, 11) is 0. The first-order valence-corrected chi connectivity index (χ1v) is 10.6. The van der Waals surface area contributed by atoms with Crippen LogP contribution in [0.3, 0.4) is 0 Å². The van der Waals surface area contributed by atoms with Crippen molar-refractivity contribution in [1.29, 1.82) is 0 Å². The third-order valence-corrected chi connectivity index (χ3v) is 6.19. The minimum atomic E-state index is -1.13. The molecule has 2 aromatic carbocycles. The van der Waals surface area contributed by atoms with E-state index in [1.54, 1.807) is 49.9 Å². The molecule has 3 aromatic rings. The van der Waals surface area contributed by atoms with E-state index in [0.29, 0.717) is 28.5 Å². The number of benzene rings is 2. The van der Waals surface area contributed by atoms with Crippen LogP contribution in [0.15, 0.2) is 34.7 Å². The number of carbonyl (C=O) groups is 1. The molecular weight excluding hydrogens is 416 g/mol. The van der Waals surface area contributed by atoms with Crippen LogP contribution in [0.25, 0.3) is 22.6 Å². The van der Waals surface area contributed by atoms with Gasteiger partial charge in [0.25, 0.3) is 5.91 Å². The van der Waals surface area contributed by atoms with E-state index in [9.17, 15) is 14.3 Å². The van der Waals surface area contributed by atoms with Crippen molar-refractivity contribution in [2.75, 3.05) is 0 Å². The van der Waals surface area contributed by atoms with Crippen LogP contribution in [0.5, 0.6) is 0 Å². The first-order chi connectivity index (χ1) is 15.1. The van der Waals surface area contributed by atoms with Crippen LogP contribution in [-0.4, -0.2) is 37.8 Å². The molecule has 0 radical (unpaired) electrons. The second-order valence-electron chi connectivity index (χ2n) is 9.15. The van der Waals surface area contributed by atoms with Crippen LogP contribution in [-0.2, 0) is 6.54 Å². The molecule has 1 N–H and O–H groups in total. The number of rotatable bonds is 5. The fraction of sp³-hybridized carbons (Fsp3) is 0.375. The Morgan fingerprint density at radius 1 is 1.12 bits per heavy atom. The van der Waals surface area contributed by atoms with Crippen molar-refractivity contribution in [3.05, 3.63) is 59.0 Å². The topological polar surface area (TPSA) is 79.5 Å². The van der Waals surface area contributed by atoms with Gasteiger partial charge >= 0.3 is 0 Å². The number of amides is 1. The zero-order chi connectivity index (χ0) is 22.8. The first kappa shape index (κ1) is 20.8. The van der Waals surface area contributed by atoms with Gasteiger partial charge in [0.05, 0.1) is 17.2 Å². The summed E-state index contributed by atoms with van der Waals surface area (Å²) < 4.78 is 35.0. The maximum absolute atomic E-state index is 15.0. The zero-order valence-corrected chi connectivity index (χ0v) is 18.0. The molecule has 2 heterocycles. The molecule has 1 saturated carbocycles. The lowest BCUT2D eigenvalue weighted by molar-refractivity contribution is -0.0224. The number of hydrogen-bond donors (Lipinski definition) is 1. The Balaban J connectivity index is 1.57. The van der Waals surface area contributed by atoms with Crippen LogP contribution in [0.4, 0.5) is 8.78 Å².